The summed E-state index contributed by atoms with van der Waals surface area (Å²) < 4.78 is 5.95. The van der Waals surface area contributed by atoms with Crippen molar-refractivity contribution in [3.8, 4) is 5.75 Å². The Labute approximate surface area is 110 Å². The molecule has 98 valence electrons. The van der Waals surface area contributed by atoms with E-state index in [0.717, 1.165) is 31.1 Å². The van der Waals surface area contributed by atoms with Crippen molar-refractivity contribution in [2.75, 3.05) is 6.61 Å². The van der Waals surface area contributed by atoms with Crippen LogP contribution in [0.4, 0.5) is 0 Å². The third-order valence-corrected chi connectivity index (χ3v) is 4.44. The second kappa shape index (κ2) is 5.31. The van der Waals surface area contributed by atoms with Crippen LogP contribution in [-0.4, -0.2) is 6.61 Å². The van der Waals surface area contributed by atoms with Crippen LogP contribution in [0.2, 0.25) is 0 Å². The number of ether oxygens (including phenoxy) is 1. The van der Waals surface area contributed by atoms with Gasteiger partial charge in [0.15, 0.2) is 0 Å². The zero-order valence-electron chi connectivity index (χ0n) is 11.0. The molecule has 0 saturated heterocycles. The second-order valence-electron chi connectivity index (χ2n) is 5.82. The number of aryl methyl sites for hydroxylation is 1. The van der Waals surface area contributed by atoms with Gasteiger partial charge in [-0.2, -0.15) is 0 Å². The number of hydrogen-bond donors (Lipinski definition) is 1. The first-order chi connectivity index (χ1) is 8.83. The minimum atomic E-state index is 0.234. The van der Waals surface area contributed by atoms with Crippen LogP contribution in [0.5, 0.6) is 5.75 Å². The molecule has 2 N–H and O–H groups in total. The number of benzene rings is 1. The predicted molar refractivity (Wildman–Crippen MR) is 73.8 cm³/mol. The van der Waals surface area contributed by atoms with Gasteiger partial charge in [0, 0.05) is 6.04 Å². The van der Waals surface area contributed by atoms with Crippen LogP contribution in [0.1, 0.15) is 55.7 Å². The quantitative estimate of drug-likeness (QED) is 0.883. The number of fused-ring (bicyclic) bond motifs is 1. The minimum absolute atomic E-state index is 0.234. The van der Waals surface area contributed by atoms with Crippen molar-refractivity contribution in [2.45, 2.75) is 51.0 Å². The molecular weight excluding hydrogens is 222 g/mol. The topological polar surface area (TPSA) is 35.2 Å². The highest BCUT2D eigenvalue weighted by molar-refractivity contribution is 5.38. The molecule has 0 bridgehead atoms. The Bertz CT molecular complexity index is 410. The van der Waals surface area contributed by atoms with Crippen LogP contribution in [0.3, 0.4) is 0 Å². The summed E-state index contributed by atoms with van der Waals surface area (Å²) in [5, 5.41) is 0. The summed E-state index contributed by atoms with van der Waals surface area (Å²) in [4.78, 5) is 0. The van der Waals surface area contributed by atoms with Crippen molar-refractivity contribution < 1.29 is 4.74 Å². The summed E-state index contributed by atoms with van der Waals surface area (Å²) in [7, 11) is 0. The minimum Gasteiger partial charge on any atom is -0.493 e. The highest BCUT2D eigenvalue weighted by Crippen LogP contribution is 2.31. The van der Waals surface area contributed by atoms with Gasteiger partial charge in [-0.05, 0) is 61.3 Å². The fraction of sp³-hybridized carbons (Fsp3) is 0.625. The van der Waals surface area contributed by atoms with Gasteiger partial charge in [0.25, 0.3) is 0 Å². The van der Waals surface area contributed by atoms with E-state index in [9.17, 15) is 0 Å². The Balaban J connectivity index is 1.66. The van der Waals surface area contributed by atoms with Gasteiger partial charge in [0.2, 0.25) is 0 Å². The summed E-state index contributed by atoms with van der Waals surface area (Å²) >= 11 is 0. The molecule has 2 nitrogen and oxygen atoms in total. The molecule has 1 saturated carbocycles. The van der Waals surface area contributed by atoms with Crippen LogP contribution >= 0.6 is 0 Å². The first-order valence-electron chi connectivity index (χ1n) is 7.34. The Morgan fingerprint density at radius 3 is 2.78 bits per heavy atom. The molecule has 0 amide bonds. The molecule has 0 spiro atoms. The molecule has 2 aliphatic carbocycles. The summed E-state index contributed by atoms with van der Waals surface area (Å²) in [6.45, 7) is 0.894. The van der Waals surface area contributed by atoms with E-state index in [-0.39, 0.29) is 6.04 Å². The zero-order valence-corrected chi connectivity index (χ0v) is 11.0. The van der Waals surface area contributed by atoms with Crippen molar-refractivity contribution in [3.63, 3.8) is 0 Å². The lowest BCUT2D eigenvalue weighted by atomic mass is 9.88. The van der Waals surface area contributed by atoms with Gasteiger partial charge in [0.05, 0.1) is 6.61 Å². The standard InChI is InChI=1S/C16H23NO/c17-16-7-3-6-13-10-14(8-9-15(13)16)18-11-12-4-1-2-5-12/h8-10,12,16H,1-7,11,17H2. The van der Waals surface area contributed by atoms with E-state index in [4.69, 9.17) is 10.5 Å². The number of rotatable bonds is 3. The highest BCUT2D eigenvalue weighted by atomic mass is 16.5. The van der Waals surface area contributed by atoms with Crippen molar-refractivity contribution in [1.82, 2.24) is 0 Å². The van der Waals surface area contributed by atoms with Gasteiger partial charge < -0.3 is 10.5 Å². The van der Waals surface area contributed by atoms with Crippen molar-refractivity contribution in [2.24, 2.45) is 11.7 Å². The fourth-order valence-corrected chi connectivity index (χ4v) is 3.31. The molecule has 1 aromatic carbocycles. The van der Waals surface area contributed by atoms with Crippen LogP contribution < -0.4 is 10.5 Å². The first kappa shape index (κ1) is 12.0. The van der Waals surface area contributed by atoms with Gasteiger partial charge in [0.1, 0.15) is 5.75 Å². The average Bonchev–Trinajstić information content (AvgIpc) is 2.90. The van der Waals surface area contributed by atoms with Crippen molar-refractivity contribution in [3.05, 3.63) is 29.3 Å². The number of nitrogens with two attached hydrogens (primary N) is 1. The monoisotopic (exact) mass is 245 g/mol. The molecule has 1 fully saturated rings. The first-order valence-corrected chi connectivity index (χ1v) is 7.34. The van der Waals surface area contributed by atoms with E-state index < -0.39 is 0 Å². The normalized spacial score (nSPS) is 23.9. The molecule has 1 atom stereocenters. The van der Waals surface area contributed by atoms with Gasteiger partial charge in [-0.25, -0.2) is 0 Å². The molecule has 0 radical (unpaired) electrons. The average molecular weight is 245 g/mol. The Morgan fingerprint density at radius 2 is 1.94 bits per heavy atom. The molecular formula is C16H23NO. The summed E-state index contributed by atoms with van der Waals surface area (Å²) in [6.07, 6.45) is 8.94. The third-order valence-electron chi connectivity index (χ3n) is 4.44. The largest absolute Gasteiger partial charge is 0.493 e. The molecule has 0 aliphatic heterocycles. The van der Waals surface area contributed by atoms with Gasteiger partial charge in [-0.1, -0.05) is 18.9 Å². The fourth-order valence-electron chi connectivity index (χ4n) is 3.31. The lowest BCUT2D eigenvalue weighted by Crippen LogP contribution is -2.17. The molecule has 0 aromatic heterocycles. The van der Waals surface area contributed by atoms with E-state index in [1.54, 1.807) is 0 Å². The van der Waals surface area contributed by atoms with Crippen LogP contribution in [-0.2, 0) is 6.42 Å². The summed E-state index contributed by atoms with van der Waals surface area (Å²) in [5.74, 6) is 1.82. The van der Waals surface area contributed by atoms with E-state index in [1.165, 1.54) is 43.2 Å². The zero-order chi connectivity index (χ0) is 12.4. The maximum Gasteiger partial charge on any atom is 0.119 e. The van der Waals surface area contributed by atoms with E-state index in [2.05, 4.69) is 18.2 Å². The molecule has 18 heavy (non-hydrogen) atoms. The van der Waals surface area contributed by atoms with Crippen LogP contribution in [0, 0.1) is 5.92 Å². The maximum atomic E-state index is 6.13. The number of hydrogen-bond acceptors (Lipinski definition) is 2. The predicted octanol–water partition coefficient (Wildman–Crippen LogP) is 3.59. The van der Waals surface area contributed by atoms with Crippen molar-refractivity contribution in [1.29, 1.82) is 0 Å². The van der Waals surface area contributed by atoms with E-state index in [1.807, 2.05) is 0 Å². The van der Waals surface area contributed by atoms with Gasteiger partial charge >= 0.3 is 0 Å². The van der Waals surface area contributed by atoms with E-state index >= 15 is 0 Å². The van der Waals surface area contributed by atoms with Gasteiger partial charge in [-0.15, -0.1) is 0 Å². The highest BCUT2D eigenvalue weighted by Gasteiger charge is 2.18. The third kappa shape index (κ3) is 2.54. The molecule has 3 rings (SSSR count). The molecule has 1 unspecified atom stereocenters. The lowest BCUT2D eigenvalue weighted by Gasteiger charge is -2.23. The van der Waals surface area contributed by atoms with Crippen LogP contribution in [0.15, 0.2) is 18.2 Å². The van der Waals surface area contributed by atoms with E-state index in [0.29, 0.717) is 0 Å². The molecule has 0 heterocycles. The second-order valence-corrected chi connectivity index (χ2v) is 5.82. The molecule has 2 heteroatoms. The lowest BCUT2D eigenvalue weighted by molar-refractivity contribution is 0.251. The Morgan fingerprint density at radius 1 is 1.11 bits per heavy atom. The van der Waals surface area contributed by atoms with Gasteiger partial charge in [-0.3, -0.25) is 0 Å². The summed E-state index contributed by atoms with van der Waals surface area (Å²) in [5.41, 5.74) is 8.86. The smallest absolute Gasteiger partial charge is 0.119 e. The Hall–Kier alpha value is -1.02. The Kier molecular flexibility index (Phi) is 3.55. The molecule has 2 aliphatic rings. The SMILES string of the molecule is NC1CCCc2cc(OCC3CCCC3)ccc21. The van der Waals surface area contributed by atoms with Crippen molar-refractivity contribution >= 4 is 0 Å². The molecule has 1 aromatic rings. The maximum absolute atomic E-state index is 6.13. The summed E-state index contributed by atoms with van der Waals surface area (Å²) in [6, 6.07) is 6.71. The van der Waals surface area contributed by atoms with Crippen LogP contribution in [0.25, 0.3) is 0 Å².